The molecule has 0 unspecified atom stereocenters. The third-order valence-electron chi connectivity index (χ3n) is 3.51. The lowest BCUT2D eigenvalue weighted by Crippen LogP contribution is -2.11. The van der Waals surface area contributed by atoms with E-state index in [1.54, 1.807) is 11.3 Å². The molecule has 0 aliphatic rings. The van der Waals surface area contributed by atoms with Gasteiger partial charge in [-0.3, -0.25) is 4.79 Å². The highest BCUT2D eigenvalue weighted by Gasteiger charge is 2.18. The van der Waals surface area contributed by atoms with Crippen molar-refractivity contribution in [2.75, 3.05) is 5.33 Å². The van der Waals surface area contributed by atoms with Crippen LogP contribution in [0.4, 0.5) is 0 Å². The molecule has 0 aliphatic carbocycles. The quantitative estimate of drug-likeness (QED) is 0.583. The van der Waals surface area contributed by atoms with Gasteiger partial charge in [-0.25, -0.2) is 4.98 Å². The molecular formula is C16H14Br2N2OS. The van der Waals surface area contributed by atoms with Crippen molar-refractivity contribution in [3.63, 3.8) is 0 Å². The van der Waals surface area contributed by atoms with Crippen LogP contribution >= 0.6 is 43.2 Å². The van der Waals surface area contributed by atoms with Gasteiger partial charge in [0.2, 0.25) is 0 Å². The highest BCUT2D eigenvalue weighted by Crippen LogP contribution is 2.39. The Morgan fingerprint density at radius 1 is 1.32 bits per heavy atom. The van der Waals surface area contributed by atoms with Crippen molar-refractivity contribution >= 4 is 53.4 Å². The SMILES string of the molecule is Cc1ccc(Br)c(-c2c(C)sc3nc(CCBr)[nH]c(=O)c23)c1. The van der Waals surface area contributed by atoms with Gasteiger partial charge >= 0.3 is 0 Å². The summed E-state index contributed by atoms with van der Waals surface area (Å²) in [6.07, 6.45) is 0.714. The second-order valence-corrected chi connectivity index (χ2v) is 8.00. The maximum atomic E-state index is 12.6. The van der Waals surface area contributed by atoms with E-state index in [9.17, 15) is 4.79 Å². The van der Waals surface area contributed by atoms with Gasteiger partial charge in [0.15, 0.2) is 0 Å². The number of H-pyrrole nitrogens is 1. The molecule has 0 saturated heterocycles. The molecule has 0 spiro atoms. The van der Waals surface area contributed by atoms with Gasteiger partial charge in [-0.05, 0) is 25.5 Å². The third-order valence-corrected chi connectivity index (χ3v) is 5.60. The fraction of sp³-hybridized carbons (Fsp3) is 0.250. The number of nitrogens with zero attached hydrogens (tertiary/aromatic N) is 1. The largest absolute Gasteiger partial charge is 0.310 e. The number of hydrogen-bond donors (Lipinski definition) is 1. The minimum atomic E-state index is -0.0614. The van der Waals surface area contributed by atoms with Crippen LogP contribution in [0, 0.1) is 13.8 Å². The van der Waals surface area contributed by atoms with E-state index in [0.717, 1.165) is 42.0 Å². The number of thiophene rings is 1. The van der Waals surface area contributed by atoms with Gasteiger partial charge in [-0.1, -0.05) is 49.6 Å². The molecule has 0 saturated carbocycles. The number of alkyl halides is 1. The highest BCUT2D eigenvalue weighted by molar-refractivity contribution is 9.10. The number of aromatic nitrogens is 2. The van der Waals surface area contributed by atoms with Crippen molar-refractivity contribution in [2.24, 2.45) is 0 Å². The molecule has 3 nitrogen and oxygen atoms in total. The monoisotopic (exact) mass is 440 g/mol. The maximum Gasteiger partial charge on any atom is 0.260 e. The van der Waals surface area contributed by atoms with Crippen molar-refractivity contribution in [1.82, 2.24) is 9.97 Å². The van der Waals surface area contributed by atoms with E-state index in [0.29, 0.717) is 11.8 Å². The minimum absolute atomic E-state index is 0.0614. The van der Waals surface area contributed by atoms with E-state index in [4.69, 9.17) is 0 Å². The Bertz CT molecular complexity index is 914. The van der Waals surface area contributed by atoms with E-state index in [1.165, 1.54) is 0 Å². The lowest BCUT2D eigenvalue weighted by atomic mass is 10.0. The third kappa shape index (κ3) is 2.79. The van der Waals surface area contributed by atoms with Crippen LogP contribution in [0.25, 0.3) is 21.3 Å². The second-order valence-electron chi connectivity index (χ2n) is 5.15. The molecule has 0 atom stereocenters. The summed E-state index contributed by atoms with van der Waals surface area (Å²) in [5.41, 5.74) is 3.13. The topological polar surface area (TPSA) is 45.8 Å². The molecule has 0 bridgehead atoms. The fourth-order valence-electron chi connectivity index (χ4n) is 2.53. The van der Waals surface area contributed by atoms with Crippen molar-refractivity contribution in [3.8, 4) is 11.1 Å². The number of fused-ring (bicyclic) bond motifs is 1. The molecular weight excluding hydrogens is 428 g/mol. The van der Waals surface area contributed by atoms with Crippen molar-refractivity contribution in [1.29, 1.82) is 0 Å². The number of halogens is 2. The predicted octanol–water partition coefficient (Wildman–Crippen LogP) is 4.97. The molecule has 1 N–H and O–H groups in total. The molecule has 114 valence electrons. The van der Waals surface area contributed by atoms with Crippen LogP contribution in [0.1, 0.15) is 16.3 Å². The van der Waals surface area contributed by atoms with Crippen LogP contribution in [0.15, 0.2) is 27.5 Å². The number of aryl methyl sites for hydroxylation is 3. The lowest BCUT2D eigenvalue weighted by Gasteiger charge is -2.06. The van der Waals surface area contributed by atoms with Gasteiger partial charge < -0.3 is 4.98 Å². The Morgan fingerprint density at radius 3 is 2.82 bits per heavy atom. The van der Waals surface area contributed by atoms with Crippen molar-refractivity contribution in [2.45, 2.75) is 20.3 Å². The van der Waals surface area contributed by atoms with Crippen LogP contribution in [-0.4, -0.2) is 15.3 Å². The zero-order valence-corrected chi connectivity index (χ0v) is 16.2. The molecule has 3 aromatic rings. The Balaban J connectivity index is 2.33. The van der Waals surface area contributed by atoms with Crippen LogP contribution in [0.2, 0.25) is 0 Å². The summed E-state index contributed by atoms with van der Waals surface area (Å²) >= 11 is 8.56. The van der Waals surface area contributed by atoms with E-state index < -0.39 is 0 Å². The Hall–Kier alpha value is -0.980. The lowest BCUT2D eigenvalue weighted by molar-refractivity contribution is 0.960. The standard InChI is InChI=1S/C16H14Br2N2OS/c1-8-3-4-11(18)10(7-8)13-9(2)22-16-14(13)15(21)19-12(20-16)5-6-17/h3-4,7H,5-6H2,1-2H3,(H,19,20,21). The molecule has 2 aromatic heterocycles. The summed E-state index contributed by atoms with van der Waals surface area (Å²) in [6, 6.07) is 6.17. The average molecular weight is 442 g/mol. The Labute approximate surface area is 149 Å². The number of benzene rings is 1. The molecule has 1 aromatic carbocycles. The second kappa shape index (κ2) is 6.26. The van der Waals surface area contributed by atoms with Gasteiger partial charge in [0.25, 0.3) is 5.56 Å². The van der Waals surface area contributed by atoms with E-state index in [-0.39, 0.29) is 5.56 Å². The van der Waals surface area contributed by atoms with Crippen LogP contribution < -0.4 is 5.56 Å². The first-order valence-electron chi connectivity index (χ1n) is 6.86. The minimum Gasteiger partial charge on any atom is -0.310 e. The van der Waals surface area contributed by atoms with Gasteiger partial charge in [0.1, 0.15) is 10.7 Å². The van der Waals surface area contributed by atoms with Crippen LogP contribution in [-0.2, 0) is 6.42 Å². The van der Waals surface area contributed by atoms with Crippen molar-refractivity contribution in [3.05, 3.63) is 49.3 Å². The van der Waals surface area contributed by atoms with E-state index in [2.05, 4.69) is 54.8 Å². The predicted molar refractivity (Wildman–Crippen MR) is 100 cm³/mol. The number of hydrogen-bond acceptors (Lipinski definition) is 3. The molecule has 0 radical (unpaired) electrons. The fourth-order valence-corrected chi connectivity index (χ4v) is 4.40. The smallest absolute Gasteiger partial charge is 0.260 e. The summed E-state index contributed by atoms with van der Waals surface area (Å²) in [5.74, 6) is 0.727. The van der Waals surface area contributed by atoms with Gasteiger partial charge in [-0.2, -0.15) is 0 Å². The summed E-state index contributed by atoms with van der Waals surface area (Å²) in [6.45, 7) is 4.09. The van der Waals surface area contributed by atoms with Gasteiger partial charge in [-0.15, -0.1) is 11.3 Å². The normalized spacial score (nSPS) is 11.3. The number of aromatic amines is 1. The van der Waals surface area contributed by atoms with Crippen LogP contribution in [0.5, 0.6) is 0 Å². The molecule has 2 heterocycles. The number of nitrogens with one attached hydrogen (secondary N) is 1. The van der Waals surface area contributed by atoms with Gasteiger partial charge in [0.05, 0.1) is 5.39 Å². The maximum absolute atomic E-state index is 12.6. The zero-order valence-electron chi connectivity index (χ0n) is 12.2. The van der Waals surface area contributed by atoms with Crippen molar-refractivity contribution < 1.29 is 0 Å². The molecule has 0 fully saturated rings. The van der Waals surface area contributed by atoms with Crippen LogP contribution in [0.3, 0.4) is 0 Å². The summed E-state index contributed by atoms with van der Waals surface area (Å²) in [5, 5.41) is 1.47. The zero-order chi connectivity index (χ0) is 15.9. The molecule has 0 aliphatic heterocycles. The number of rotatable bonds is 3. The summed E-state index contributed by atoms with van der Waals surface area (Å²) in [4.78, 5) is 22.0. The first-order valence-corrected chi connectivity index (χ1v) is 9.59. The Kier molecular flexibility index (Phi) is 4.52. The van der Waals surface area contributed by atoms with Gasteiger partial charge in [0, 0.05) is 26.7 Å². The summed E-state index contributed by atoms with van der Waals surface area (Å²) < 4.78 is 0.991. The summed E-state index contributed by atoms with van der Waals surface area (Å²) in [7, 11) is 0. The van der Waals surface area contributed by atoms with E-state index >= 15 is 0 Å². The molecule has 22 heavy (non-hydrogen) atoms. The first kappa shape index (κ1) is 15.9. The highest BCUT2D eigenvalue weighted by atomic mass is 79.9. The first-order chi connectivity index (χ1) is 10.5. The molecule has 3 rings (SSSR count). The average Bonchev–Trinajstić information content (AvgIpc) is 2.78. The molecule has 6 heteroatoms. The molecule has 0 amide bonds. The Morgan fingerprint density at radius 2 is 2.09 bits per heavy atom. The van der Waals surface area contributed by atoms with E-state index in [1.807, 2.05) is 19.1 Å².